The summed E-state index contributed by atoms with van der Waals surface area (Å²) in [6.07, 6.45) is 3.86. The van der Waals surface area contributed by atoms with Gasteiger partial charge in [0.15, 0.2) is 0 Å². The van der Waals surface area contributed by atoms with Crippen molar-refractivity contribution in [2.24, 2.45) is 0 Å². The molecule has 2 aromatic heterocycles. The highest BCUT2D eigenvalue weighted by molar-refractivity contribution is 9.10. The predicted octanol–water partition coefficient (Wildman–Crippen LogP) is 4.70. The minimum Gasteiger partial charge on any atom is -0.467 e. The molecule has 0 aliphatic rings. The van der Waals surface area contributed by atoms with Crippen LogP contribution in [0.1, 0.15) is 35.6 Å². The van der Waals surface area contributed by atoms with Gasteiger partial charge in [-0.2, -0.15) is 0 Å². The second kappa shape index (κ2) is 6.55. The van der Waals surface area contributed by atoms with Crippen LogP contribution < -0.4 is 5.32 Å². The van der Waals surface area contributed by atoms with Crippen molar-refractivity contribution < 1.29 is 4.42 Å². The third-order valence-electron chi connectivity index (χ3n) is 2.94. The van der Waals surface area contributed by atoms with Gasteiger partial charge in [-0.3, -0.25) is 0 Å². The molecule has 0 spiro atoms. The number of halogens is 1. The van der Waals surface area contributed by atoms with Crippen LogP contribution in [-0.4, -0.2) is 6.54 Å². The maximum Gasteiger partial charge on any atom is 0.123 e. The molecule has 0 fully saturated rings. The first-order valence-corrected chi connectivity index (χ1v) is 7.89. The van der Waals surface area contributed by atoms with Gasteiger partial charge < -0.3 is 9.73 Å². The van der Waals surface area contributed by atoms with Crippen molar-refractivity contribution >= 4 is 27.3 Å². The third kappa shape index (κ3) is 3.25. The first kappa shape index (κ1) is 13.8. The first-order chi connectivity index (χ1) is 8.72. The fraction of sp³-hybridized carbons (Fsp3) is 0.429. The maximum atomic E-state index is 5.64. The van der Waals surface area contributed by atoms with E-state index in [1.54, 1.807) is 17.6 Å². The van der Waals surface area contributed by atoms with E-state index in [1.165, 1.54) is 14.9 Å². The lowest BCUT2D eigenvalue weighted by Gasteiger charge is -2.17. The van der Waals surface area contributed by atoms with Crippen LogP contribution in [0.3, 0.4) is 0 Å². The molecule has 0 radical (unpaired) electrons. The van der Waals surface area contributed by atoms with Crippen molar-refractivity contribution in [3.05, 3.63) is 44.4 Å². The third-order valence-corrected chi connectivity index (χ3v) is 4.89. The van der Waals surface area contributed by atoms with Crippen molar-refractivity contribution in [3.8, 4) is 0 Å². The van der Waals surface area contributed by atoms with Gasteiger partial charge >= 0.3 is 0 Å². The van der Waals surface area contributed by atoms with E-state index in [-0.39, 0.29) is 6.04 Å². The average molecular weight is 328 g/mol. The van der Waals surface area contributed by atoms with E-state index in [9.17, 15) is 0 Å². The molecule has 0 aliphatic carbocycles. The molecule has 2 aromatic rings. The number of nitrogens with one attached hydrogen (secondary N) is 1. The van der Waals surface area contributed by atoms with Gasteiger partial charge in [0.1, 0.15) is 5.76 Å². The fourth-order valence-corrected chi connectivity index (χ4v) is 3.53. The average Bonchev–Trinajstić information content (AvgIpc) is 2.94. The standard InChI is InChI=1S/C14H18BrNOS/c1-3-6-16-12(14-10(2)4-7-17-14)9-13-11(15)5-8-18-13/h4-5,7-8,12,16H,3,6,9H2,1-2H3. The summed E-state index contributed by atoms with van der Waals surface area (Å²) in [7, 11) is 0. The van der Waals surface area contributed by atoms with E-state index >= 15 is 0 Å². The van der Waals surface area contributed by atoms with Crippen molar-refractivity contribution in [1.29, 1.82) is 0 Å². The molecule has 0 amide bonds. The number of furan rings is 1. The van der Waals surface area contributed by atoms with Crippen molar-refractivity contribution in [2.75, 3.05) is 6.54 Å². The van der Waals surface area contributed by atoms with Crippen molar-refractivity contribution in [1.82, 2.24) is 5.32 Å². The van der Waals surface area contributed by atoms with Gasteiger partial charge in [0.05, 0.1) is 12.3 Å². The largest absolute Gasteiger partial charge is 0.467 e. The Kier molecular flexibility index (Phi) is 5.03. The van der Waals surface area contributed by atoms with Crippen LogP contribution >= 0.6 is 27.3 Å². The maximum absolute atomic E-state index is 5.64. The number of aryl methyl sites for hydroxylation is 1. The zero-order chi connectivity index (χ0) is 13.0. The molecule has 1 unspecified atom stereocenters. The van der Waals surface area contributed by atoms with Gasteiger partial charge in [0, 0.05) is 15.8 Å². The minimum absolute atomic E-state index is 0.259. The van der Waals surface area contributed by atoms with E-state index in [4.69, 9.17) is 4.42 Å². The second-order valence-electron chi connectivity index (χ2n) is 4.37. The number of hydrogen-bond acceptors (Lipinski definition) is 3. The number of hydrogen-bond donors (Lipinski definition) is 1. The molecule has 0 saturated heterocycles. The summed E-state index contributed by atoms with van der Waals surface area (Å²) in [6, 6.07) is 4.39. The molecule has 98 valence electrons. The van der Waals surface area contributed by atoms with Crippen LogP contribution in [0, 0.1) is 6.92 Å². The zero-order valence-corrected chi connectivity index (χ0v) is 13.1. The summed E-state index contributed by atoms with van der Waals surface area (Å²) in [5, 5.41) is 5.69. The lowest BCUT2D eigenvalue weighted by Crippen LogP contribution is -2.24. The van der Waals surface area contributed by atoms with Gasteiger partial charge in [-0.1, -0.05) is 6.92 Å². The number of thiophene rings is 1. The second-order valence-corrected chi connectivity index (χ2v) is 6.23. The molecule has 0 aliphatic heterocycles. The SMILES string of the molecule is CCCNC(Cc1sccc1Br)c1occc1C. The summed E-state index contributed by atoms with van der Waals surface area (Å²) in [6.45, 7) is 5.29. The monoisotopic (exact) mass is 327 g/mol. The van der Waals surface area contributed by atoms with E-state index in [1.807, 2.05) is 6.07 Å². The van der Waals surface area contributed by atoms with E-state index < -0.39 is 0 Å². The van der Waals surface area contributed by atoms with Gasteiger partial charge in [-0.25, -0.2) is 0 Å². The minimum atomic E-state index is 0.259. The molecule has 18 heavy (non-hydrogen) atoms. The summed E-state index contributed by atoms with van der Waals surface area (Å²) < 4.78 is 6.83. The van der Waals surface area contributed by atoms with Gasteiger partial charge in [-0.05, 0) is 58.9 Å². The molecule has 0 bridgehead atoms. The molecule has 1 N–H and O–H groups in total. The number of rotatable bonds is 6. The molecule has 0 saturated carbocycles. The first-order valence-electron chi connectivity index (χ1n) is 6.21. The summed E-state index contributed by atoms with van der Waals surface area (Å²) in [4.78, 5) is 1.36. The lowest BCUT2D eigenvalue weighted by molar-refractivity contribution is 0.409. The quantitative estimate of drug-likeness (QED) is 0.832. The molecule has 2 rings (SSSR count). The smallest absolute Gasteiger partial charge is 0.123 e. The Morgan fingerprint density at radius 1 is 1.44 bits per heavy atom. The normalized spacial score (nSPS) is 12.8. The molecule has 4 heteroatoms. The van der Waals surface area contributed by atoms with E-state index in [0.717, 1.165) is 25.1 Å². The van der Waals surface area contributed by atoms with Crippen LogP contribution in [0.5, 0.6) is 0 Å². The van der Waals surface area contributed by atoms with Crippen LogP contribution in [0.15, 0.2) is 32.7 Å². The summed E-state index contributed by atoms with van der Waals surface area (Å²) >= 11 is 5.38. The molecule has 1 atom stereocenters. The Hall–Kier alpha value is -0.580. The summed E-state index contributed by atoms with van der Waals surface area (Å²) in [5.41, 5.74) is 1.22. The van der Waals surface area contributed by atoms with Crippen molar-refractivity contribution in [3.63, 3.8) is 0 Å². The highest BCUT2D eigenvalue weighted by Crippen LogP contribution is 2.29. The molecule has 2 nitrogen and oxygen atoms in total. The molecule has 2 heterocycles. The van der Waals surface area contributed by atoms with Gasteiger partial charge in [0.25, 0.3) is 0 Å². The van der Waals surface area contributed by atoms with Crippen LogP contribution in [-0.2, 0) is 6.42 Å². The fourth-order valence-electron chi connectivity index (χ4n) is 1.97. The van der Waals surface area contributed by atoms with E-state index in [2.05, 4.69) is 46.5 Å². The summed E-state index contributed by atoms with van der Waals surface area (Å²) in [5.74, 6) is 1.06. The van der Waals surface area contributed by atoms with Crippen LogP contribution in [0.25, 0.3) is 0 Å². The Balaban J connectivity index is 2.15. The van der Waals surface area contributed by atoms with Crippen molar-refractivity contribution in [2.45, 2.75) is 32.7 Å². The topological polar surface area (TPSA) is 25.2 Å². The van der Waals surface area contributed by atoms with E-state index in [0.29, 0.717) is 0 Å². The Labute approximate surface area is 121 Å². The van der Waals surface area contributed by atoms with Gasteiger partial charge in [-0.15, -0.1) is 11.3 Å². The van der Waals surface area contributed by atoms with Crippen LogP contribution in [0.2, 0.25) is 0 Å². The zero-order valence-electron chi connectivity index (χ0n) is 10.7. The predicted molar refractivity (Wildman–Crippen MR) is 80.2 cm³/mol. The van der Waals surface area contributed by atoms with Gasteiger partial charge in [0.2, 0.25) is 0 Å². The lowest BCUT2D eigenvalue weighted by atomic mass is 10.1. The Morgan fingerprint density at radius 3 is 2.83 bits per heavy atom. The molecular formula is C14H18BrNOS. The highest BCUT2D eigenvalue weighted by atomic mass is 79.9. The highest BCUT2D eigenvalue weighted by Gasteiger charge is 2.18. The molecular weight excluding hydrogens is 310 g/mol. The van der Waals surface area contributed by atoms with Crippen LogP contribution in [0.4, 0.5) is 0 Å². The Bertz CT molecular complexity index is 491. The Morgan fingerprint density at radius 2 is 2.28 bits per heavy atom. The molecule has 0 aromatic carbocycles.